The van der Waals surface area contributed by atoms with Gasteiger partial charge in [-0.1, -0.05) is 39.0 Å². The number of fused-ring (bicyclic) bond motifs is 1. The van der Waals surface area contributed by atoms with Crippen LogP contribution in [-0.4, -0.2) is 44.3 Å². The van der Waals surface area contributed by atoms with Crippen LogP contribution in [-0.2, 0) is 16.7 Å². The zero-order chi connectivity index (χ0) is 24.6. The molecule has 10 heteroatoms. The van der Waals surface area contributed by atoms with Gasteiger partial charge in [0.1, 0.15) is 11.6 Å². The molecule has 9 nitrogen and oxygen atoms in total. The van der Waals surface area contributed by atoms with E-state index >= 15 is 0 Å². The van der Waals surface area contributed by atoms with Crippen molar-refractivity contribution in [1.82, 2.24) is 30.5 Å². The van der Waals surface area contributed by atoms with E-state index in [1.54, 1.807) is 18.3 Å². The standard InChI is InChI=1S/C25H25FN6O3/c1-25(2,3)24-32-31-23(35-24)22(33)28-13-16-5-4-15(12-18(16)26)17-6-9-27-21-19(17)29-20(30-21)14-7-10-34-11-8-14/h4-7,9,12H,8,10-11,13H2,1-3H3,(H,28,33)(H,27,29,30). The molecule has 5 rings (SSSR count). The van der Waals surface area contributed by atoms with Gasteiger partial charge in [0.15, 0.2) is 5.65 Å². The number of aromatic nitrogens is 5. The molecule has 0 fully saturated rings. The Morgan fingerprint density at radius 3 is 2.80 bits per heavy atom. The Balaban J connectivity index is 1.34. The van der Waals surface area contributed by atoms with Gasteiger partial charge in [0.05, 0.1) is 18.7 Å². The summed E-state index contributed by atoms with van der Waals surface area (Å²) in [6.07, 6.45) is 4.43. The number of amides is 1. The Morgan fingerprint density at radius 1 is 1.23 bits per heavy atom. The van der Waals surface area contributed by atoms with Crippen LogP contribution in [0.4, 0.5) is 4.39 Å². The van der Waals surface area contributed by atoms with Gasteiger partial charge in [-0.3, -0.25) is 4.79 Å². The first-order valence-corrected chi connectivity index (χ1v) is 11.3. The molecule has 0 atom stereocenters. The molecule has 0 saturated heterocycles. The van der Waals surface area contributed by atoms with Crippen molar-refractivity contribution in [2.45, 2.75) is 39.2 Å². The normalized spacial score (nSPS) is 14.2. The number of rotatable bonds is 5. The van der Waals surface area contributed by atoms with E-state index in [0.29, 0.717) is 35.9 Å². The molecule has 1 aromatic carbocycles. The minimum Gasteiger partial charge on any atom is -0.416 e. The third-order valence-electron chi connectivity index (χ3n) is 5.72. The summed E-state index contributed by atoms with van der Waals surface area (Å²) in [5, 5.41) is 10.3. The smallest absolute Gasteiger partial charge is 0.309 e. The summed E-state index contributed by atoms with van der Waals surface area (Å²) >= 11 is 0. The van der Waals surface area contributed by atoms with Gasteiger partial charge in [-0.05, 0) is 29.7 Å². The predicted molar refractivity (Wildman–Crippen MR) is 127 cm³/mol. The highest BCUT2D eigenvalue weighted by Crippen LogP contribution is 2.30. The van der Waals surface area contributed by atoms with Crippen LogP contribution in [0.2, 0.25) is 0 Å². The molecular weight excluding hydrogens is 451 g/mol. The molecule has 0 unspecified atom stereocenters. The summed E-state index contributed by atoms with van der Waals surface area (Å²) in [4.78, 5) is 24.7. The fourth-order valence-electron chi connectivity index (χ4n) is 3.77. The largest absolute Gasteiger partial charge is 0.416 e. The topological polar surface area (TPSA) is 119 Å². The maximum atomic E-state index is 15.0. The summed E-state index contributed by atoms with van der Waals surface area (Å²) in [5.41, 5.74) is 3.80. The first-order chi connectivity index (χ1) is 16.8. The van der Waals surface area contributed by atoms with Gasteiger partial charge in [0, 0.05) is 29.3 Å². The number of nitrogens with zero attached hydrogens (tertiary/aromatic N) is 4. The molecule has 1 amide bonds. The average molecular weight is 477 g/mol. The second-order valence-corrected chi connectivity index (χ2v) is 9.35. The van der Waals surface area contributed by atoms with Crippen molar-refractivity contribution in [3.63, 3.8) is 0 Å². The number of pyridine rings is 1. The van der Waals surface area contributed by atoms with E-state index in [9.17, 15) is 9.18 Å². The third kappa shape index (κ3) is 4.69. The van der Waals surface area contributed by atoms with Crippen molar-refractivity contribution in [2.24, 2.45) is 0 Å². The molecule has 1 aliphatic rings. The number of aromatic amines is 1. The van der Waals surface area contributed by atoms with Crippen LogP contribution in [0.15, 0.2) is 41.0 Å². The Bertz CT molecular complexity index is 1430. The van der Waals surface area contributed by atoms with Crippen LogP contribution in [0.3, 0.4) is 0 Å². The SMILES string of the molecule is CC(C)(C)c1nnc(C(=O)NCc2ccc(-c3ccnc4nc(C5=CCOCC5)[nH]c34)cc2F)o1. The van der Waals surface area contributed by atoms with E-state index in [4.69, 9.17) is 9.15 Å². The number of carbonyl (C=O) groups excluding carboxylic acids is 1. The van der Waals surface area contributed by atoms with Crippen LogP contribution >= 0.6 is 0 Å². The number of H-pyrrole nitrogens is 1. The average Bonchev–Trinajstić information content (AvgIpc) is 3.51. The van der Waals surface area contributed by atoms with Crippen molar-refractivity contribution < 1.29 is 18.3 Å². The number of hydrogen-bond acceptors (Lipinski definition) is 7. The molecular formula is C25H25FN6O3. The molecule has 35 heavy (non-hydrogen) atoms. The van der Waals surface area contributed by atoms with Crippen LogP contribution < -0.4 is 5.32 Å². The zero-order valence-electron chi connectivity index (χ0n) is 19.7. The summed E-state index contributed by atoms with van der Waals surface area (Å²) in [5.74, 6) is -0.0447. The molecule has 2 N–H and O–H groups in total. The second-order valence-electron chi connectivity index (χ2n) is 9.35. The van der Waals surface area contributed by atoms with Crippen LogP contribution in [0, 0.1) is 5.82 Å². The number of carbonyl (C=O) groups is 1. The van der Waals surface area contributed by atoms with Crippen molar-refractivity contribution in [1.29, 1.82) is 0 Å². The fraction of sp³-hybridized carbons (Fsp3) is 0.320. The molecule has 3 aromatic heterocycles. The van der Waals surface area contributed by atoms with Gasteiger partial charge in [0.25, 0.3) is 0 Å². The van der Waals surface area contributed by atoms with E-state index in [0.717, 1.165) is 28.9 Å². The highest BCUT2D eigenvalue weighted by Gasteiger charge is 2.24. The van der Waals surface area contributed by atoms with E-state index in [-0.39, 0.29) is 17.9 Å². The van der Waals surface area contributed by atoms with Crippen LogP contribution in [0.5, 0.6) is 0 Å². The zero-order valence-corrected chi connectivity index (χ0v) is 19.7. The minimum atomic E-state index is -0.556. The van der Waals surface area contributed by atoms with Gasteiger partial charge in [-0.15, -0.1) is 10.2 Å². The first kappa shape index (κ1) is 22.9. The lowest BCUT2D eigenvalue weighted by atomic mass is 9.97. The Kier molecular flexibility index (Phi) is 5.89. The van der Waals surface area contributed by atoms with Crippen LogP contribution in [0.1, 0.15) is 55.2 Å². The van der Waals surface area contributed by atoms with Gasteiger partial charge < -0.3 is 19.5 Å². The lowest BCUT2D eigenvalue weighted by Gasteiger charge is -2.11. The highest BCUT2D eigenvalue weighted by molar-refractivity contribution is 5.91. The molecule has 0 spiro atoms. The lowest BCUT2D eigenvalue weighted by Crippen LogP contribution is -2.23. The molecule has 0 bridgehead atoms. The number of nitrogens with one attached hydrogen (secondary N) is 2. The number of hydrogen-bond donors (Lipinski definition) is 2. The maximum absolute atomic E-state index is 15.0. The summed E-state index contributed by atoms with van der Waals surface area (Å²) in [6.45, 7) is 6.90. The maximum Gasteiger partial charge on any atom is 0.309 e. The number of halogens is 1. The van der Waals surface area contributed by atoms with E-state index in [2.05, 4.69) is 30.5 Å². The molecule has 4 aromatic rings. The van der Waals surface area contributed by atoms with Crippen LogP contribution in [0.25, 0.3) is 27.9 Å². The van der Waals surface area contributed by atoms with Crippen molar-refractivity contribution in [3.05, 3.63) is 65.5 Å². The fourth-order valence-corrected chi connectivity index (χ4v) is 3.77. The van der Waals surface area contributed by atoms with Gasteiger partial charge in [-0.25, -0.2) is 14.4 Å². The quantitative estimate of drug-likeness (QED) is 0.444. The predicted octanol–water partition coefficient (Wildman–Crippen LogP) is 4.18. The van der Waals surface area contributed by atoms with E-state index in [1.807, 2.05) is 32.9 Å². The van der Waals surface area contributed by atoms with Gasteiger partial charge in [0.2, 0.25) is 5.89 Å². The van der Waals surface area contributed by atoms with E-state index < -0.39 is 11.7 Å². The summed E-state index contributed by atoms with van der Waals surface area (Å²) in [6, 6.07) is 6.71. The van der Waals surface area contributed by atoms with E-state index in [1.165, 1.54) is 6.07 Å². The van der Waals surface area contributed by atoms with Gasteiger partial charge >= 0.3 is 11.8 Å². The highest BCUT2D eigenvalue weighted by atomic mass is 19.1. The van der Waals surface area contributed by atoms with Gasteiger partial charge in [-0.2, -0.15) is 0 Å². The Hall–Kier alpha value is -3.92. The number of benzene rings is 1. The molecule has 1 aliphatic heterocycles. The Labute approximate surface area is 200 Å². The molecule has 4 heterocycles. The van der Waals surface area contributed by atoms with Crippen molar-refractivity contribution in [3.8, 4) is 11.1 Å². The van der Waals surface area contributed by atoms with Crippen molar-refractivity contribution in [2.75, 3.05) is 13.2 Å². The minimum absolute atomic E-state index is 0.0195. The molecule has 0 aliphatic carbocycles. The second kappa shape index (κ2) is 9.03. The number of imidazole rings is 1. The molecule has 180 valence electrons. The number of ether oxygens (including phenoxy) is 1. The third-order valence-corrected chi connectivity index (χ3v) is 5.72. The monoisotopic (exact) mass is 476 g/mol. The lowest BCUT2D eigenvalue weighted by molar-refractivity contribution is 0.0912. The molecule has 0 saturated carbocycles. The van der Waals surface area contributed by atoms with Crippen molar-refractivity contribution >= 4 is 22.6 Å². The summed E-state index contributed by atoms with van der Waals surface area (Å²) < 4.78 is 25.8. The molecule has 0 radical (unpaired) electrons. The first-order valence-electron chi connectivity index (χ1n) is 11.3. The Morgan fingerprint density at radius 2 is 2.09 bits per heavy atom. The summed E-state index contributed by atoms with van der Waals surface area (Å²) in [7, 11) is 0.